The predicted octanol–water partition coefficient (Wildman–Crippen LogP) is 3.06. The van der Waals surface area contributed by atoms with Gasteiger partial charge in [-0.3, -0.25) is 4.79 Å². The lowest BCUT2D eigenvalue weighted by Gasteiger charge is -2.21. The molecular weight excluding hydrogens is 276 g/mol. The molecule has 1 aliphatic rings. The van der Waals surface area contributed by atoms with Crippen LogP contribution >= 0.6 is 0 Å². The van der Waals surface area contributed by atoms with Crippen LogP contribution in [0.2, 0.25) is 0 Å². The van der Waals surface area contributed by atoms with Crippen molar-refractivity contribution in [3.63, 3.8) is 0 Å². The zero-order valence-corrected chi connectivity index (χ0v) is 13.4. The van der Waals surface area contributed by atoms with E-state index in [4.69, 9.17) is 4.74 Å². The number of hydrogen-bond acceptors (Lipinski definition) is 2. The molecule has 0 aliphatic carbocycles. The van der Waals surface area contributed by atoms with Gasteiger partial charge in [0.05, 0.1) is 12.5 Å². The highest BCUT2D eigenvalue weighted by Crippen LogP contribution is 2.20. The minimum atomic E-state index is 0.0799. The van der Waals surface area contributed by atoms with Crippen molar-refractivity contribution in [1.82, 2.24) is 9.88 Å². The van der Waals surface area contributed by atoms with E-state index in [1.54, 1.807) is 0 Å². The number of benzene rings is 1. The standard InChI is InChI=1S/C18H24N2O2/c1-13-9-15-10-14(6-7-17(15)20(13)2)12-19-18(21)11-16-5-3-4-8-22-16/h6-7,9-10,16H,3-5,8,11-12H2,1-2H3,(H,19,21). The molecule has 2 heterocycles. The molecule has 4 heteroatoms. The average molecular weight is 300 g/mol. The van der Waals surface area contributed by atoms with Crippen molar-refractivity contribution in [2.45, 2.75) is 45.3 Å². The molecule has 1 atom stereocenters. The number of ether oxygens (including phenoxy) is 1. The number of amides is 1. The lowest BCUT2D eigenvalue weighted by atomic mass is 10.1. The van der Waals surface area contributed by atoms with Gasteiger partial charge in [-0.2, -0.15) is 0 Å². The smallest absolute Gasteiger partial charge is 0.222 e. The Balaban J connectivity index is 1.57. The summed E-state index contributed by atoms with van der Waals surface area (Å²) in [5.41, 5.74) is 3.60. The number of nitrogens with one attached hydrogen (secondary N) is 1. The topological polar surface area (TPSA) is 43.3 Å². The van der Waals surface area contributed by atoms with Crippen molar-refractivity contribution < 1.29 is 9.53 Å². The molecule has 0 spiro atoms. The Kier molecular flexibility index (Phi) is 4.48. The van der Waals surface area contributed by atoms with E-state index >= 15 is 0 Å². The Morgan fingerprint density at radius 2 is 2.23 bits per heavy atom. The minimum absolute atomic E-state index is 0.0799. The summed E-state index contributed by atoms with van der Waals surface area (Å²) in [6.45, 7) is 3.48. The molecule has 1 N–H and O–H groups in total. The van der Waals surface area contributed by atoms with E-state index in [1.165, 1.54) is 23.0 Å². The Bertz CT molecular complexity index is 669. The molecule has 0 bridgehead atoms. The molecule has 3 rings (SSSR count). The van der Waals surface area contributed by atoms with Crippen LogP contribution in [-0.2, 0) is 23.1 Å². The van der Waals surface area contributed by atoms with Gasteiger partial charge in [0, 0.05) is 36.8 Å². The van der Waals surface area contributed by atoms with E-state index in [0.29, 0.717) is 13.0 Å². The lowest BCUT2D eigenvalue weighted by molar-refractivity contribution is -0.125. The molecule has 22 heavy (non-hydrogen) atoms. The van der Waals surface area contributed by atoms with Crippen LogP contribution in [0, 0.1) is 6.92 Å². The molecule has 1 unspecified atom stereocenters. The van der Waals surface area contributed by atoms with Gasteiger partial charge in [0.1, 0.15) is 0 Å². The van der Waals surface area contributed by atoms with Crippen LogP contribution in [0.25, 0.3) is 10.9 Å². The van der Waals surface area contributed by atoms with Crippen molar-refractivity contribution in [3.8, 4) is 0 Å². The zero-order valence-electron chi connectivity index (χ0n) is 13.4. The second-order valence-electron chi connectivity index (χ2n) is 6.21. The van der Waals surface area contributed by atoms with E-state index in [2.05, 4.69) is 48.1 Å². The Morgan fingerprint density at radius 3 is 3.00 bits per heavy atom. The van der Waals surface area contributed by atoms with Crippen molar-refractivity contribution in [2.75, 3.05) is 6.61 Å². The van der Waals surface area contributed by atoms with Crippen LogP contribution in [-0.4, -0.2) is 23.2 Å². The Labute approximate surface area is 131 Å². The Morgan fingerprint density at radius 1 is 1.36 bits per heavy atom. The van der Waals surface area contributed by atoms with Crippen molar-refractivity contribution in [2.24, 2.45) is 7.05 Å². The molecule has 1 amide bonds. The molecule has 0 radical (unpaired) electrons. The highest BCUT2D eigenvalue weighted by molar-refractivity contribution is 5.82. The van der Waals surface area contributed by atoms with Crippen molar-refractivity contribution >= 4 is 16.8 Å². The maximum atomic E-state index is 12.0. The van der Waals surface area contributed by atoms with Gasteiger partial charge < -0.3 is 14.6 Å². The van der Waals surface area contributed by atoms with Crippen LogP contribution in [0.4, 0.5) is 0 Å². The number of hydrogen-bond donors (Lipinski definition) is 1. The molecule has 1 aromatic heterocycles. The summed E-state index contributed by atoms with van der Waals surface area (Å²) in [5, 5.41) is 4.23. The first-order valence-electron chi connectivity index (χ1n) is 8.07. The molecule has 1 aromatic carbocycles. The van der Waals surface area contributed by atoms with Crippen LogP contribution in [0.1, 0.15) is 36.9 Å². The number of fused-ring (bicyclic) bond motifs is 1. The first-order chi connectivity index (χ1) is 10.6. The number of nitrogens with zero attached hydrogens (tertiary/aromatic N) is 1. The summed E-state index contributed by atoms with van der Waals surface area (Å²) < 4.78 is 7.79. The molecule has 4 nitrogen and oxygen atoms in total. The highest BCUT2D eigenvalue weighted by Gasteiger charge is 2.17. The quantitative estimate of drug-likeness (QED) is 0.943. The van der Waals surface area contributed by atoms with Crippen molar-refractivity contribution in [3.05, 3.63) is 35.5 Å². The van der Waals surface area contributed by atoms with Crippen LogP contribution in [0.3, 0.4) is 0 Å². The fourth-order valence-electron chi connectivity index (χ4n) is 3.09. The Hall–Kier alpha value is -1.81. The van der Waals surface area contributed by atoms with Gasteiger partial charge in [0.25, 0.3) is 0 Å². The molecule has 0 saturated carbocycles. The minimum Gasteiger partial charge on any atom is -0.378 e. The second kappa shape index (κ2) is 6.53. The van der Waals surface area contributed by atoms with E-state index < -0.39 is 0 Å². The third-order valence-electron chi connectivity index (χ3n) is 4.52. The van der Waals surface area contributed by atoms with Gasteiger partial charge in [-0.15, -0.1) is 0 Å². The summed E-state index contributed by atoms with van der Waals surface area (Å²) in [6, 6.07) is 8.53. The maximum Gasteiger partial charge on any atom is 0.222 e. The maximum absolute atomic E-state index is 12.0. The van der Waals surface area contributed by atoms with E-state index in [1.807, 2.05) is 0 Å². The van der Waals surface area contributed by atoms with E-state index in [0.717, 1.165) is 25.0 Å². The summed E-state index contributed by atoms with van der Waals surface area (Å²) in [4.78, 5) is 12.0. The second-order valence-corrected chi connectivity index (χ2v) is 6.21. The molecule has 1 fully saturated rings. The normalized spacial score (nSPS) is 18.5. The van der Waals surface area contributed by atoms with Gasteiger partial charge in [0.15, 0.2) is 0 Å². The van der Waals surface area contributed by atoms with Crippen LogP contribution < -0.4 is 5.32 Å². The number of aryl methyl sites for hydroxylation is 2. The summed E-state index contributed by atoms with van der Waals surface area (Å²) in [6.07, 6.45) is 3.87. The van der Waals surface area contributed by atoms with Gasteiger partial charge in [-0.05, 0) is 49.9 Å². The fraction of sp³-hybridized carbons (Fsp3) is 0.500. The molecule has 1 saturated heterocycles. The van der Waals surface area contributed by atoms with Gasteiger partial charge in [-0.25, -0.2) is 0 Å². The summed E-state index contributed by atoms with van der Waals surface area (Å²) in [7, 11) is 2.07. The van der Waals surface area contributed by atoms with Gasteiger partial charge in [-0.1, -0.05) is 6.07 Å². The average Bonchev–Trinajstić information content (AvgIpc) is 2.81. The number of aromatic nitrogens is 1. The zero-order chi connectivity index (χ0) is 15.5. The molecule has 2 aromatic rings. The summed E-state index contributed by atoms with van der Waals surface area (Å²) in [5.74, 6) is 0.0799. The molecule has 118 valence electrons. The first-order valence-corrected chi connectivity index (χ1v) is 8.07. The van der Waals surface area contributed by atoms with Gasteiger partial charge in [0.2, 0.25) is 5.91 Å². The number of rotatable bonds is 4. The number of carbonyl (C=O) groups excluding carboxylic acids is 1. The van der Waals surface area contributed by atoms with E-state index in [-0.39, 0.29) is 12.0 Å². The van der Waals surface area contributed by atoms with Gasteiger partial charge >= 0.3 is 0 Å². The summed E-state index contributed by atoms with van der Waals surface area (Å²) >= 11 is 0. The van der Waals surface area contributed by atoms with E-state index in [9.17, 15) is 4.79 Å². The third kappa shape index (κ3) is 3.33. The lowest BCUT2D eigenvalue weighted by Crippen LogP contribution is -2.30. The highest BCUT2D eigenvalue weighted by atomic mass is 16.5. The SMILES string of the molecule is Cc1cc2cc(CNC(=O)CC3CCCCO3)ccc2n1C. The van der Waals surface area contributed by atoms with Crippen LogP contribution in [0.5, 0.6) is 0 Å². The fourth-order valence-corrected chi connectivity index (χ4v) is 3.09. The molecule has 1 aliphatic heterocycles. The largest absolute Gasteiger partial charge is 0.378 e. The monoisotopic (exact) mass is 300 g/mol. The number of carbonyl (C=O) groups is 1. The predicted molar refractivity (Wildman–Crippen MR) is 87.7 cm³/mol. The first kappa shape index (κ1) is 15.1. The third-order valence-corrected chi connectivity index (χ3v) is 4.52. The molecular formula is C18H24N2O2. The van der Waals surface area contributed by atoms with Crippen molar-refractivity contribution in [1.29, 1.82) is 0 Å². The van der Waals surface area contributed by atoms with Crippen LogP contribution in [0.15, 0.2) is 24.3 Å².